The Bertz CT molecular complexity index is 259. The normalized spacial score (nSPS) is 8.86. The second kappa shape index (κ2) is 7.15. The fourth-order valence-electron chi connectivity index (χ4n) is 0.725. The first-order valence-corrected chi connectivity index (χ1v) is 4.46. The van der Waals surface area contributed by atoms with Crippen LogP contribution in [-0.2, 0) is 0 Å². The molecule has 0 atom stereocenters. The summed E-state index contributed by atoms with van der Waals surface area (Å²) >= 11 is 0. The van der Waals surface area contributed by atoms with Gasteiger partial charge in [-0.05, 0) is 33.3 Å². The molecule has 0 heterocycles. The summed E-state index contributed by atoms with van der Waals surface area (Å²) in [6.45, 7) is 0. The van der Waals surface area contributed by atoms with Crippen LogP contribution in [-0.4, -0.2) is 39.7 Å². The van der Waals surface area contributed by atoms with Crippen molar-refractivity contribution in [3.63, 3.8) is 0 Å². The lowest BCUT2D eigenvalue weighted by Crippen LogP contribution is -2.07. The number of nitrogens with zero attached hydrogens (tertiary/aromatic N) is 1. The molecule has 1 rings (SSSR count). The number of benzene rings is 1. The molecule has 76 valence electrons. The van der Waals surface area contributed by atoms with E-state index in [9.17, 15) is 4.79 Å². The van der Waals surface area contributed by atoms with Crippen molar-refractivity contribution in [2.45, 2.75) is 0 Å². The minimum atomic E-state index is -0.0359. The lowest BCUT2D eigenvalue weighted by atomic mass is 10.1. The summed E-state index contributed by atoms with van der Waals surface area (Å²) in [5.74, 6) is -0.0359. The maximum absolute atomic E-state index is 10.5. The van der Waals surface area contributed by atoms with E-state index in [1.165, 1.54) is 7.85 Å². The molecule has 4 heteroatoms. The molecule has 1 N–H and O–H groups in total. The molecule has 0 saturated carbocycles. The highest BCUT2D eigenvalue weighted by molar-refractivity contribution is 6.60. The van der Waals surface area contributed by atoms with Gasteiger partial charge in [0.1, 0.15) is 0 Å². The molecule has 14 heavy (non-hydrogen) atoms. The van der Waals surface area contributed by atoms with Gasteiger partial charge >= 0.3 is 0 Å². The summed E-state index contributed by atoms with van der Waals surface area (Å²) in [7, 11) is 7.49. The molecule has 1 amide bonds. The number of carbonyl (C=O) groups is 1. The van der Waals surface area contributed by atoms with Crippen molar-refractivity contribution in [3.05, 3.63) is 30.3 Å². The van der Waals surface area contributed by atoms with E-state index < -0.39 is 0 Å². The molecular weight excluding hydrogens is 175 g/mol. The number of nitrogens with one attached hydrogen (secondary N) is 1. The predicted molar refractivity (Wildman–Crippen MR) is 63.6 cm³/mol. The van der Waals surface area contributed by atoms with Crippen molar-refractivity contribution < 1.29 is 4.79 Å². The van der Waals surface area contributed by atoms with Crippen molar-refractivity contribution in [2.24, 2.45) is 0 Å². The lowest BCUT2D eigenvalue weighted by Gasteiger charge is -1.98. The Kier molecular flexibility index (Phi) is 6.49. The fraction of sp³-hybridized carbons (Fsp3) is 0.300. The third-order valence-electron chi connectivity index (χ3n) is 1.09. The quantitative estimate of drug-likeness (QED) is 0.674. The van der Waals surface area contributed by atoms with E-state index in [1.54, 1.807) is 0 Å². The average Bonchev–Trinajstić information content (AvgIpc) is 2.03. The zero-order chi connectivity index (χ0) is 11.0. The minimum absolute atomic E-state index is 0.0359. The van der Waals surface area contributed by atoms with Gasteiger partial charge in [0.2, 0.25) is 7.85 Å². The van der Waals surface area contributed by atoms with E-state index in [4.69, 9.17) is 0 Å². The predicted octanol–water partition coefficient (Wildman–Crippen LogP) is 1.03. The largest absolute Gasteiger partial charge is 0.335 e. The summed E-state index contributed by atoms with van der Waals surface area (Å²) in [6.07, 6.45) is 0. The topological polar surface area (TPSA) is 32.3 Å². The second-order valence-electron chi connectivity index (χ2n) is 3.39. The van der Waals surface area contributed by atoms with E-state index in [0.717, 1.165) is 5.69 Å². The summed E-state index contributed by atoms with van der Waals surface area (Å²) in [6, 6.07) is 9.37. The summed E-state index contributed by atoms with van der Waals surface area (Å²) in [5.41, 5.74) is 0.843. The highest BCUT2D eigenvalue weighted by Crippen LogP contribution is 2.03. The van der Waals surface area contributed by atoms with Crippen molar-refractivity contribution in [1.82, 2.24) is 4.90 Å². The van der Waals surface area contributed by atoms with Gasteiger partial charge in [-0.3, -0.25) is 4.79 Å². The van der Waals surface area contributed by atoms with Crippen LogP contribution in [0.1, 0.15) is 0 Å². The standard InChI is InChI=1S/C7H8BNO.C3H9N/c8-7(10)9-6-4-2-1-3-5-6;1-4(2)3/h1-5H,8H2,(H,9,10);1-3H3. The zero-order valence-corrected chi connectivity index (χ0v) is 9.24. The van der Waals surface area contributed by atoms with Gasteiger partial charge in [0.25, 0.3) is 0 Å². The molecule has 1 aromatic rings. The van der Waals surface area contributed by atoms with Crippen LogP contribution in [0.4, 0.5) is 10.5 Å². The number of para-hydroxylation sites is 1. The summed E-state index contributed by atoms with van der Waals surface area (Å²) in [5, 5.41) is 2.67. The van der Waals surface area contributed by atoms with E-state index in [2.05, 4.69) is 5.32 Å². The SMILES string of the molecule is BC(=O)Nc1ccccc1.CN(C)C. The Morgan fingerprint density at radius 2 is 1.64 bits per heavy atom. The fourth-order valence-corrected chi connectivity index (χ4v) is 0.725. The number of hydrogen-bond acceptors (Lipinski definition) is 2. The maximum Gasteiger partial charge on any atom is 0.216 e. The highest BCUT2D eigenvalue weighted by atomic mass is 16.1. The molecule has 0 bridgehead atoms. The minimum Gasteiger partial charge on any atom is -0.335 e. The van der Waals surface area contributed by atoms with E-state index in [1.807, 2.05) is 56.4 Å². The molecule has 0 aromatic heterocycles. The van der Waals surface area contributed by atoms with E-state index in [-0.39, 0.29) is 5.81 Å². The van der Waals surface area contributed by atoms with Crippen LogP contribution in [0.5, 0.6) is 0 Å². The number of amides is 1. The van der Waals surface area contributed by atoms with Crippen LogP contribution in [0.15, 0.2) is 30.3 Å². The molecule has 0 aliphatic rings. The van der Waals surface area contributed by atoms with Gasteiger partial charge < -0.3 is 10.2 Å². The van der Waals surface area contributed by atoms with E-state index >= 15 is 0 Å². The van der Waals surface area contributed by atoms with Crippen LogP contribution >= 0.6 is 0 Å². The Labute approximate surface area is 86.5 Å². The molecule has 3 nitrogen and oxygen atoms in total. The first kappa shape index (κ1) is 12.7. The molecule has 0 spiro atoms. The molecule has 0 unspecified atom stereocenters. The number of anilines is 1. The van der Waals surface area contributed by atoms with E-state index in [0.29, 0.717) is 0 Å². The van der Waals surface area contributed by atoms with Gasteiger partial charge in [-0.15, -0.1) is 0 Å². The van der Waals surface area contributed by atoms with Gasteiger partial charge in [-0.1, -0.05) is 18.2 Å². The number of carbonyl (C=O) groups excluding carboxylic acids is 1. The van der Waals surface area contributed by atoms with Crippen molar-refractivity contribution in [1.29, 1.82) is 0 Å². The van der Waals surface area contributed by atoms with Gasteiger partial charge in [-0.25, -0.2) is 0 Å². The zero-order valence-electron chi connectivity index (χ0n) is 9.24. The van der Waals surface area contributed by atoms with Gasteiger partial charge in [0.05, 0.1) is 0 Å². The first-order valence-electron chi connectivity index (χ1n) is 4.46. The molecule has 1 aromatic carbocycles. The highest BCUT2D eigenvalue weighted by Gasteiger charge is 1.90. The molecule has 0 fully saturated rings. The summed E-state index contributed by atoms with van der Waals surface area (Å²) in [4.78, 5) is 12.5. The van der Waals surface area contributed by atoms with Crippen LogP contribution in [0.3, 0.4) is 0 Å². The smallest absolute Gasteiger partial charge is 0.216 e. The third-order valence-corrected chi connectivity index (χ3v) is 1.09. The third kappa shape index (κ3) is 8.81. The van der Waals surface area contributed by atoms with Crippen LogP contribution in [0.25, 0.3) is 0 Å². The second-order valence-corrected chi connectivity index (χ2v) is 3.39. The molecule has 0 saturated heterocycles. The first-order chi connectivity index (χ1) is 6.52. The van der Waals surface area contributed by atoms with Crippen molar-refractivity contribution in [2.75, 3.05) is 26.5 Å². The Morgan fingerprint density at radius 3 is 2.00 bits per heavy atom. The van der Waals surface area contributed by atoms with Crippen molar-refractivity contribution in [3.8, 4) is 0 Å². The Morgan fingerprint density at radius 1 is 1.21 bits per heavy atom. The molecule has 0 aliphatic heterocycles. The Balaban J connectivity index is 0.000000364. The van der Waals surface area contributed by atoms with Gasteiger partial charge in [0, 0.05) is 5.69 Å². The molecule has 0 radical (unpaired) electrons. The number of hydrogen-bond donors (Lipinski definition) is 1. The summed E-state index contributed by atoms with van der Waals surface area (Å²) < 4.78 is 0. The van der Waals surface area contributed by atoms with Gasteiger partial charge in [0.15, 0.2) is 5.81 Å². The van der Waals surface area contributed by atoms with Gasteiger partial charge in [-0.2, -0.15) is 0 Å². The molecular formula is C10H17BN2O. The lowest BCUT2D eigenvalue weighted by molar-refractivity contribution is 0.269. The monoisotopic (exact) mass is 192 g/mol. The average molecular weight is 192 g/mol. The Hall–Kier alpha value is -1.29. The molecule has 0 aliphatic carbocycles. The maximum atomic E-state index is 10.5. The van der Waals surface area contributed by atoms with Crippen LogP contribution in [0, 0.1) is 0 Å². The van der Waals surface area contributed by atoms with Crippen LogP contribution in [0.2, 0.25) is 0 Å². The van der Waals surface area contributed by atoms with Crippen LogP contribution < -0.4 is 5.32 Å². The number of rotatable bonds is 1. The van der Waals surface area contributed by atoms with Crippen molar-refractivity contribution >= 4 is 19.3 Å².